The highest BCUT2D eigenvalue weighted by molar-refractivity contribution is 6.01. The van der Waals surface area contributed by atoms with Gasteiger partial charge in [0, 0.05) is 26.4 Å². The molecule has 3 aromatic rings. The average molecular weight is 820 g/mol. The van der Waals surface area contributed by atoms with Crippen LogP contribution in [-0.4, -0.2) is 135 Å². The fourth-order valence-corrected chi connectivity index (χ4v) is 4.04. The third kappa shape index (κ3) is 19.2. The van der Waals surface area contributed by atoms with Gasteiger partial charge in [0.2, 0.25) is 0 Å². The van der Waals surface area contributed by atoms with E-state index in [1.165, 1.54) is 50.2 Å². The van der Waals surface area contributed by atoms with Gasteiger partial charge in [0.15, 0.2) is 5.78 Å². The van der Waals surface area contributed by atoms with Crippen LogP contribution >= 0.6 is 0 Å². The summed E-state index contributed by atoms with van der Waals surface area (Å²) in [5, 5.41) is 48.8. The zero-order chi connectivity index (χ0) is 43.6. The summed E-state index contributed by atoms with van der Waals surface area (Å²) in [5.74, 6) is -2.46. The van der Waals surface area contributed by atoms with Crippen molar-refractivity contribution < 1.29 is 77.9 Å². The van der Waals surface area contributed by atoms with Crippen molar-refractivity contribution in [2.75, 3.05) is 80.3 Å². The van der Waals surface area contributed by atoms with Gasteiger partial charge in [-0.05, 0) is 57.5 Å². The second-order valence-electron chi connectivity index (χ2n) is 13.2. The number of ether oxygens (including phenoxy) is 7. The predicted molar refractivity (Wildman–Crippen MR) is 210 cm³/mol. The Balaban J connectivity index is 0.000000451. The molecule has 0 saturated heterocycles. The van der Waals surface area contributed by atoms with Crippen LogP contribution < -0.4 is 14.8 Å². The number of carboxylic acid groups (broad SMARTS) is 1. The highest BCUT2D eigenvalue weighted by Crippen LogP contribution is 2.25. The molecule has 0 heterocycles. The van der Waals surface area contributed by atoms with Gasteiger partial charge in [-0.1, -0.05) is 30.3 Å². The average Bonchev–Trinajstić information content (AvgIpc) is 3.20. The number of carbonyl (C=O) groups excluding carboxylic acids is 3. The molecule has 0 aliphatic heterocycles. The van der Waals surface area contributed by atoms with Crippen LogP contribution in [0.3, 0.4) is 0 Å². The molecule has 17 nitrogen and oxygen atoms in total. The Bertz CT molecular complexity index is 1680. The second kappa shape index (κ2) is 27.4. The van der Waals surface area contributed by atoms with E-state index in [4.69, 9.17) is 43.4 Å². The summed E-state index contributed by atoms with van der Waals surface area (Å²) in [6.07, 6.45) is 0. The van der Waals surface area contributed by atoms with Crippen molar-refractivity contribution in [2.45, 2.75) is 39.8 Å². The number of esters is 1. The highest BCUT2D eigenvalue weighted by atomic mass is 16.6. The lowest BCUT2D eigenvalue weighted by Crippen LogP contribution is -2.54. The van der Waals surface area contributed by atoms with E-state index in [-0.39, 0.29) is 48.4 Å². The number of amides is 1. The number of hydrogen-bond acceptors (Lipinski definition) is 15. The first kappa shape index (κ1) is 50.7. The van der Waals surface area contributed by atoms with Crippen LogP contribution in [0.4, 0.5) is 0 Å². The molecule has 0 spiro atoms. The molecule has 1 atom stereocenters. The Hall–Kier alpha value is -5.30. The van der Waals surface area contributed by atoms with Crippen LogP contribution in [0.15, 0.2) is 66.7 Å². The van der Waals surface area contributed by atoms with Gasteiger partial charge < -0.3 is 64.0 Å². The quantitative estimate of drug-likeness (QED) is 0.0593. The number of ketones is 1. The first-order chi connectivity index (χ1) is 27.5. The van der Waals surface area contributed by atoms with E-state index >= 15 is 0 Å². The molecule has 0 radical (unpaired) electrons. The van der Waals surface area contributed by atoms with Crippen molar-refractivity contribution in [1.29, 1.82) is 0 Å². The van der Waals surface area contributed by atoms with Crippen molar-refractivity contribution in [3.05, 3.63) is 83.4 Å². The summed E-state index contributed by atoms with van der Waals surface area (Å²) in [6.45, 7) is 8.80. The number of aromatic carboxylic acids is 1. The zero-order valence-electron chi connectivity index (χ0n) is 33.9. The van der Waals surface area contributed by atoms with Crippen molar-refractivity contribution in [3.8, 4) is 23.0 Å². The van der Waals surface area contributed by atoms with Gasteiger partial charge >= 0.3 is 11.9 Å². The van der Waals surface area contributed by atoms with Gasteiger partial charge in [-0.25, -0.2) is 4.79 Å². The summed E-state index contributed by atoms with van der Waals surface area (Å²) in [4.78, 5) is 45.9. The summed E-state index contributed by atoms with van der Waals surface area (Å²) < 4.78 is 35.9. The number of carbonyl (C=O) groups is 4. The number of aromatic hydroxyl groups is 2. The molecule has 3 rings (SSSR count). The number of benzene rings is 3. The van der Waals surface area contributed by atoms with Crippen LogP contribution in [0.1, 0.15) is 54.0 Å². The number of aliphatic hydroxyl groups is 2. The highest BCUT2D eigenvalue weighted by Gasteiger charge is 2.32. The maximum absolute atomic E-state index is 12.2. The number of hydrogen-bond donors (Lipinski definition) is 6. The smallest absolute Gasteiger partial charge is 0.339 e. The number of methoxy groups -OCH3 is 2. The first-order valence-electron chi connectivity index (χ1n) is 18.1. The molecular weight excluding hydrogens is 762 g/mol. The molecule has 0 aliphatic rings. The molecule has 0 aliphatic carbocycles. The minimum atomic E-state index is -1.40. The van der Waals surface area contributed by atoms with Crippen molar-refractivity contribution in [1.82, 2.24) is 5.32 Å². The van der Waals surface area contributed by atoms with E-state index in [0.717, 1.165) is 5.56 Å². The normalized spacial score (nSPS) is 11.7. The van der Waals surface area contributed by atoms with Gasteiger partial charge in [0.05, 0.1) is 63.8 Å². The van der Waals surface area contributed by atoms with Crippen LogP contribution in [0.5, 0.6) is 23.0 Å². The minimum absolute atomic E-state index is 0.0235. The summed E-state index contributed by atoms with van der Waals surface area (Å²) >= 11 is 0. The topological polar surface area (TPSA) is 246 Å². The largest absolute Gasteiger partial charge is 0.507 e. The van der Waals surface area contributed by atoms with Crippen LogP contribution in [0.2, 0.25) is 0 Å². The van der Waals surface area contributed by atoms with E-state index in [2.05, 4.69) is 5.32 Å². The molecule has 0 fully saturated rings. The van der Waals surface area contributed by atoms with E-state index in [1.54, 1.807) is 28.1 Å². The fourth-order valence-electron chi connectivity index (χ4n) is 4.04. The van der Waals surface area contributed by atoms with Gasteiger partial charge in [0.1, 0.15) is 53.9 Å². The maximum Gasteiger partial charge on any atom is 0.339 e. The molecule has 0 aromatic heterocycles. The van der Waals surface area contributed by atoms with Crippen molar-refractivity contribution >= 4 is 23.6 Å². The monoisotopic (exact) mass is 819 g/mol. The minimum Gasteiger partial charge on any atom is -0.507 e. The van der Waals surface area contributed by atoms with E-state index in [1.807, 2.05) is 30.3 Å². The molecule has 0 saturated carbocycles. The third-order valence-corrected chi connectivity index (χ3v) is 7.91. The molecule has 322 valence electrons. The Kier molecular flexibility index (Phi) is 23.9. The lowest BCUT2D eigenvalue weighted by atomic mass is 9.95. The molecule has 17 heteroatoms. The second-order valence-corrected chi connectivity index (χ2v) is 13.2. The van der Waals surface area contributed by atoms with Gasteiger partial charge in [0.25, 0.3) is 5.91 Å². The lowest BCUT2D eigenvalue weighted by molar-refractivity contribution is -0.157. The molecular formula is C41H57NO16. The summed E-state index contributed by atoms with van der Waals surface area (Å²) in [5.41, 5.74) is -1.46. The van der Waals surface area contributed by atoms with Crippen molar-refractivity contribution in [2.24, 2.45) is 5.41 Å². The van der Waals surface area contributed by atoms with Gasteiger partial charge in [-0.15, -0.1) is 0 Å². The SMILES string of the molecule is CC(C)(CO)C(=O)OCc1ccccc1.COCCOCCOc1ccc(C(=O)NC(C)(CO)C(C)=O)c(O)c1.COCCOCCOc1ccc(C(=O)O)c(O)c1. The number of nitrogens with one attached hydrogen (secondary N) is 1. The maximum atomic E-state index is 12.2. The summed E-state index contributed by atoms with van der Waals surface area (Å²) in [7, 11) is 3.17. The lowest BCUT2D eigenvalue weighted by Gasteiger charge is -2.25. The van der Waals surface area contributed by atoms with Crippen LogP contribution in [-0.2, 0) is 39.9 Å². The number of Topliss-reactive ketones (excluding diaryl/α,β-unsaturated/α-hetero) is 1. The molecule has 1 unspecified atom stereocenters. The Morgan fingerprint density at radius 3 is 1.55 bits per heavy atom. The molecule has 0 bridgehead atoms. The Labute approximate surface area is 338 Å². The standard InChI is InChI=1S/C17H25NO7.C12H16O6.C12H16O3/c1-12(20)17(2,11-19)18-16(22)14-5-4-13(10-15(14)21)25-9-8-24-7-6-23-3;1-16-4-5-17-6-7-18-9-2-3-10(12(14)15)11(13)8-9;1-12(2,9-13)11(14)15-8-10-6-4-3-5-7-10/h4-5,10,19,21H,6-9,11H2,1-3H3,(H,18,22);2-3,8,13H,4-7H2,1H3,(H,14,15);3-7,13H,8-9H2,1-2H3. The van der Waals surface area contributed by atoms with E-state index in [0.29, 0.717) is 57.7 Å². The van der Waals surface area contributed by atoms with E-state index in [9.17, 15) is 34.5 Å². The van der Waals surface area contributed by atoms with Crippen molar-refractivity contribution in [3.63, 3.8) is 0 Å². The number of phenols is 2. The molecule has 1 amide bonds. The van der Waals surface area contributed by atoms with Gasteiger partial charge in [-0.2, -0.15) is 0 Å². The summed E-state index contributed by atoms with van der Waals surface area (Å²) in [6, 6.07) is 17.7. The van der Waals surface area contributed by atoms with Gasteiger partial charge in [-0.3, -0.25) is 14.4 Å². The zero-order valence-corrected chi connectivity index (χ0v) is 33.9. The first-order valence-corrected chi connectivity index (χ1v) is 18.1. The number of carboxylic acids is 1. The Morgan fingerprint density at radius 2 is 1.14 bits per heavy atom. The van der Waals surface area contributed by atoms with Crippen LogP contribution in [0, 0.1) is 5.41 Å². The number of aliphatic hydroxyl groups excluding tert-OH is 2. The fraction of sp³-hybridized carbons (Fsp3) is 0.463. The molecule has 3 aromatic carbocycles. The number of phenolic OH excluding ortho intramolecular Hbond substituents is 1. The van der Waals surface area contributed by atoms with Crippen LogP contribution in [0.25, 0.3) is 0 Å². The molecule has 58 heavy (non-hydrogen) atoms. The Morgan fingerprint density at radius 1 is 0.655 bits per heavy atom. The predicted octanol–water partition coefficient (Wildman–Crippen LogP) is 3.38. The molecule has 6 N–H and O–H groups in total. The van der Waals surface area contributed by atoms with E-state index < -0.39 is 35.2 Å². The third-order valence-electron chi connectivity index (χ3n) is 7.91. The number of rotatable bonds is 23.